The average Bonchev–Trinajstić information content (AvgIpc) is 3.12. The molecule has 0 saturated carbocycles. The Morgan fingerprint density at radius 1 is 1.27 bits per heavy atom. The summed E-state index contributed by atoms with van der Waals surface area (Å²) < 4.78 is 28.2. The second kappa shape index (κ2) is 7.61. The highest BCUT2D eigenvalue weighted by molar-refractivity contribution is 7.89. The van der Waals surface area contributed by atoms with Gasteiger partial charge in [-0.25, -0.2) is 8.42 Å². The Bertz CT molecular complexity index is 927. The molecule has 2 aromatic rings. The quantitative estimate of drug-likeness (QED) is 0.753. The van der Waals surface area contributed by atoms with Gasteiger partial charge in [-0.15, -0.1) is 0 Å². The Morgan fingerprint density at radius 2 is 2.00 bits per heavy atom. The first-order valence-electron chi connectivity index (χ1n) is 8.14. The maximum Gasteiger partial charge on any atom is 0.290 e. The number of halogens is 1. The van der Waals surface area contributed by atoms with Gasteiger partial charge in [-0.1, -0.05) is 11.6 Å². The molecule has 1 amide bonds. The maximum atomic E-state index is 12.7. The number of amides is 1. The largest absolute Gasteiger partial charge is 0.503 e. The van der Waals surface area contributed by atoms with Crippen LogP contribution in [0.3, 0.4) is 0 Å². The molecule has 1 aliphatic heterocycles. The lowest BCUT2D eigenvalue weighted by atomic mass is 10.3. The van der Waals surface area contributed by atoms with Crippen molar-refractivity contribution < 1.29 is 22.9 Å². The molecule has 1 aliphatic rings. The highest BCUT2D eigenvalue weighted by atomic mass is 35.5. The molecule has 0 atom stereocenters. The predicted molar refractivity (Wildman–Crippen MR) is 96.4 cm³/mol. The van der Waals surface area contributed by atoms with Crippen LogP contribution in [0, 0.1) is 0 Å². The van der Waals surface area contributed by atoms with E-state index in [1.165, 1.54) is 39.3 Å². The summed E-state index contributed by atoms with van der Waals surface area (Å²) in [4.78, 5) is 12.3. The van der Waals surface area contributed by atoms with E-state index in [4.69, 9.17) is 11.6 Å². The van der Waals surface area contributed by atoms with E-state index >= 15 is 0 Å². The molecule has 0 aliphatic carbocycles. The van der Waals surface area contributed by atoms with Crippen molar-refractivity contribution in [1.29, 1.82) is 0 Å². The van der Waals surface area contributed by atoms with Gasteiger partial charge in [0.1, 0.15) is 0 Å². The van der Waals surface area contributed by atoms with Crippen molar-refractivity contribution in [3.05, 3.63) is 47.7 Å². The van der Waals surface area contributed by atoms with Gasteiger partial charge in [0.25, 0.3) is 5.91 Å². The summed E-state index contributed by atoms with van der Waals surface area (Å²) in [7, 11) is -3.59. The van der Waals surface area contributed by atoms with Crippen molar-refractivity contribution in [1.82, 2.24) is 4.31 Å². The van der Waals surface area contributed by atoms with E-state index in [1.807, 2.05) is 0 Å². The van der Waals surface area contributed by atoms with E-state index in [2.05, 4.69) is 5.32 Å². The summed E-state index contributed by atoms with van der Waals surface area (Å²) in [6, 6.07) is 7.38. The number of carbonyl (C=O) groups is 1. The van der Waals surface area contributed by atoms with Gasteiger partial charge < -0.3 is 10.4 Å². The molecule has 26 heavy (non-hydrogen) atoms. The minimum absolute atomic E-state index is 0.0389. The van der Waals surface area contributed by atoms with Crippen molar-refractivity contribution in [2.24, 2.45) is 0 Å². The zero-order valence-corrected chi connectivity index (χ0v) is 15.5. The third-order valence-electron chi connectivity index (χ3n) is 4.08. The molecule has 0 spiro atoms. The molecule has 0 radical (unpaired) electrons. The molecule has 0 unspecified atom stereocenters. The molecule has 2 N–H and O–H groups in total. The molecule has 1 aromatic heterocycles. The normalized spacial score (nSPS) is 15.1. The highest BCUT2D eigenvalue weighted by Crippen LogP contribution is 2.28. The number of hydrogen-bond acceptors (Lipinski definition) is 4. The number of anilines is 1. The topological polar surface area (TPSA) is 90.6 Å². The summed E-state index contributed by atoms with van der Waals surface area (Å²) in [5.41, 5.74) is 0.234. The SMILES string of the molecule is O=C(C[n+]1cccc(O)c1)Nc1cc(S(=O)(=O)N2CCCC2)ccc1Cl. The standard InChI is InChI=1S/C17H18ClN3O4S/c18-15-6-5-14(26(24,25)21-8-1-2-9-21)10-16(15)19-17(23)12-20-7-3-4-13(22)11-20/h3-7,10-11H,1-2,8-9,12H2,(H-,19,22,23)/p+1. The van der Waals surface area contributed by atoms with E-state index in [0.29, 0.717) is 13.1 Å². The number of benzene rings is 1. The van der Waals surface area contributed by atoms with Crippen LogP contribution in [0.25, 0.3) is 0 Å². The van der Waals surface area contributed by atoms with Crippen molar-refractivity contribution in [2.75, 3.05) is 18.4 Å². The lowest BCUT2D eigenvalue weighted by Crippen LogP contribution is -2.39. The van der Waals surface area contributed by atoms with E-state index in [9.17, 15) is 18.3 Å². The predicted octanol–water partition coefficient (Wildman–Crippen LogP) is 1.76. The molecule has 3 rings (SSSR count). The number of carbonyl (C=O) groups excluding carboxylic acids is 1. The van der Waals surface area contributed by atoms with E-state index in [0.717, 1.165) is 12.8 Å². The minimum Gasteiger partial charge on any atom is -0.503 e. The van der Waals surface area contributed by atoms with Crippen LogP contribution in [0.15, 0.2) is 47.6 Å². The highest BCUT2D eigenvalue weighted by Gasteiger charge is 2.27. The molecule has 0 bridgehead atoms. The Labute approximate surface area is 156 Å². The molecule has 2 heterocycles. The molecule has 1 aromatic carbocycles. The smallest absolute Gasteiger partial charge is 0.290 e. The van der Waals surface area contributed by atoms with Crippen LogP contribution in [0.4, 0.5) is 5.69 Å². The summed E-state index contributed by atoms with van der Waals surface area (Å²) in [6.07, 6.45) is 4.74. The Kier molecular flexibility index (Phi) is 5.45. The van der Waals surface area contributed by atoms with Gasteiger partial charge in [0.2, 0.25) is 22.8 Å². The van der Waals surface area contributed by atoms with Gasteiger partial charge in [0.15, 0.2) is 11.9 Å². The Balaban J connectivity index is 1.78. The summed E-state index contributed by atoms with van der Waals surface area (Å²) in [5, 5.41) is 12.3. The van der Waals surface area contributed by atoms with Gasteiger partial charge in [-0.3, -0.25) is 4.79 Å². The number of aromatic hydroxyl groups is 1. The minimum atomic E-state index is -3.59. The van der Waals surface area contributed by atoms with Crippen LogP contribution in [-0.4, -0.2) is 36.8 Å². The van der Waals surface area contributed by atoms with Crippen LogP contribution in [0.1, 0.15) is 12.8 Å². The van der Waals surface area contributed by atoms with Gasteiger partial charge in [0, 0.05) is 19.2 Å². The van der Waals surface area contributed by atoms with Crippen LogP contribution < -0.4 is 9.88 Å². The zero-order chi connectivity index (χ0) is 18.7. The average molecular weight is 397 g/mol. The Morgan fingerprint density at radius 3 is 2.69 bits per heavy atom. The molecular weight excluding hydrogens is 378 g/mol. The number of pyridine rings is 1. The van der Waals surface area contributed by atoms with Crippen LogP contribution in [0.5, 0.6) is 5.75 Å². The number of rotatable bonds is 5. The second-order valence-electron chi connectivity index (χ2n) is 6.04. The van der Waals surface area contributed by atoms with Crippen LogP contribution in [0.2, 0.25) is 5.02 Å². The van der Waals surface area contributed by atoms with Crippen molar-refractivity contribution in [3.8, 4) is 5.75 Å². The summed E-state index contributed by atoms with van der Waals surface area (Å²) >= 11 is 6.11. The first-order valence-corrected chi connectivity index (χ1v) is 9.96. The van der Waals surface area contributed by atoms with Gasteiger partial charge in [-0.2, -0.15) is 8.87 Å². The lowest BCUT2D eigenvalue weighted by molar-refractivity contribution is -0.684. The maximum absolute atomic E-state index is 12.7. The number of hydrogen-bond donors (Lipinski definition) is 2. The van der Waals surface area contributed by atoms with Gasteiger partial charge >= 0.3 is 0 Å². The first-order chi connectivity index (χ1) is 12.4. The lowest BCUT2D eigenvalue weighted by Gasteiger charge is -2.16. The molecule has 7 nitrogen and oxygen atoms in total. The van der Waals surface area contributed by atoms with Gasteiger partial charge in [-0.05, 0) is 37.1 Å². The fourth-order valence-corrected chi connectivity index (χ4v) is 4.51. The van der Waals surface area contributed by atoms with E-state index in [-0.39, 0.29) is 27.9 Å². The third kappa shape index (κ3) is 4.14. The molecule has 1 fully saturated rings. The molecule has 1 saturated heterocycles. The van der Waals surface area contributed by atoms with Crippen molar-refractivity contribution in [2.45, 2.75) is 24.3 Å². The summed E-state index contributed by atoms with van der Waals surface area (Å²) in [5.74, 6) is -0.352. The fourth-order valence-electron chi connectivity index (χ4n) is 2.80. The first kappa shape index (κ1) is 18.6. The molecule has 9 heteroatoms. The van der Waals surface area contributed by atoms with Crippen LogP contribution >= 0.6 is 11.6 Å². The monoisotopic (exact) mass is 396 g/mol. The number of nitrogens with zero attached hydrogens (tertiary/aromatic N) is 2. The fraction of sp³-hybridized carbons (Fsp3) is 0.294. The number of sulfonamides is 1. The van der Waals surface area contributed by atoms with Crippen LogP contribution in [-0.2, 0) is 21.4 Å². The number of nitrogens with one attached hydrogen (secondary N) is 1. The third-order valence-corrected chi connectivity index (χ3v) is 6.31. The van der Waals surface area contributed by atoms with Crippen molar-refractivity contribution in [3.63, 3.8) is 0 Å². The van der Waals surface area contributed by atoms with E-state index < -0.39 is 15.9 Å². The Hall–Kier alpha value is -2.16. The zero-order valence-electron chi connectivity index (χ0n) is 13.9. The van der Waals surface area contributed by atoms with Gasteiger partial charge in [0.05, 0.1) is 15.6 Å². The van der Waals surface area contributed by atoms with Crippen molar-refractivity contribution >= 4 is 33.2 Å². The summed E-state index contributed by atoms with van der Waals surface area (Å²) in [6.45, 7) is 0.954. The second-order valence-corrected chi connectivity index (χ2v) is 8.38. The number of aromatic nitrogens is 1. The van der Waals surface area contributed by atoms with E-state index in [1.54, 1.807) is 12.3 Å². The molecule has 138 valence electrons. The molecular formula is C17H19ClN3O4S+.